The van der Waals surface area contributed by atoms with Crippen molar-refractivity contribution in [1.82, 2.24) is 14.8 Å². The number of carbonyl (C=O) groups excluding carboxylic acids is 1. The molecule has 1 heterocycles. The molecule has 34 heavy (non-hydrogen) atoms. The lowest BCUT2D eigenvalue weighted by Gasteiger charge is -2.16. The molecule has 12 heteroatoms. The molecule has 2 aromatic carbocycles. The van der Waals surface area contributed by atoms with Gasteiger partial charge in [-0.1, -0.05) is 29.4 Å². The van der Waals surface area contributed by atoms with Crippen molar-refractivity contribution in [3.63, 3.8) is 0 Å². The molecule has 0 fully saturated rings. The molecular formula is C22H22ClF3N4O3S. The summed E-state index contributed by atoms with van der Waals surface area (Å²) in [7, 11) is 1.57. The van der Waals surface area contributed by atoms with Gasteiger partial charge in [-0.3, -0.25) is 4.79 Å². The molecule has 0 bridgehead atoms. The van der Waals surface area contributed by atoms with Gasteiger partial charge in [0.15, 0.2) is 17.1 Å². The molecule has 1 aromatic heterocycles. The molecule has 0 aliphatic rings. The van der Waals surface area contributed by atoms with E-state index < -0.39 is 23.8 Å². The quantitative estimate of drug-likeness (QED) is 0.361. The number of rotatable bonds is 9. The Morgan fingerprint density at radius 2 is 1.94 bits per heavy atom. The first-order chi connectivity index (χ1) is 16.1. The largest absolute Gasteiger partial charge is 0.497 e. The molecule has 1 unspecified atom stereocenters. The third-order valence-electron chi connectivity index (χ3n) is 4.68. The van der Waals surface area contributed by atoms with E-state index in [1.807, 2.05) is 19.9 Å². The number of benzene rings is 2. The number of halogens is 4. The summed E-state index contributed by atoms with van der Waals surface area (Å²) in [6.45, 7) is 4.25. The number of ether oxygens (including phenoxy) is 2. The number of thioether (sulfide) groups is 1. The van der Waals surface area contributed by atoms with Crippen molar-refractivity contribution in [3.05, 3.63) is 58.9 Å². The van der Waals surface area contributed by atoms with Crippen molar-refractivity contribution in [1.29, 1.82) is 0 Å². The van der Waals surface area contributed by atoms with E-state index in [0.717, 1.165) is 30.0 Å². The lowest BCUT2D eigenvalue weighted by Crippen LogP contribution is -2.16. The van der Waals surface area contributed by atoms with Gasteiger partial charge in [-0.2, -0.15) is 13.2 Å². The van der Waals surface area contributed by atoms with Crippen LogP contribution in [0, 0.1) is 0 Å². The summed E-state index contributed by atoms with van der Waals surface area (Å²) in [5.41, 5.74) is -1.01. The van der Waals surface area contributed by atoms with Gasteiger partial charge in [-0.05, 0) is 44.2 Å². The van der Waals surface area contributed by atoms with Gasteiger partial charge in [0.25, 0.3) is 0 Å². The SMILES string of the molecule is CCn1c(SCC(=O)Nc2cc(C(F)(F)F)ccc2Cl)nnc1C(C)Oc1cccc(OC)c1. The summed E-state index contributed by atoms with van der Waals surface area (Å²) < 4.78 is 51.8. The fourth-order valence-electron chi connectivity index (χ4n) is 3.05. The number of carbonyl (C=O) groups is 1. The van der Waals surface area contributed by atoms with Gasteiger partial charge in [0.1, 0.15) is 11.5 Å². The zero-order valence-corrected chi connectivity index (χ0v) is 20.1. The Labute approximate surface area is 203 Å². The zero-order chi connectivity index (χ0) is 24.9. The van der Waals surface area contributed by atoms with Crippen molar-refractivity contribution in [2.45, 2.75) is 37.8 Å². The van der Waals surface area contributed by atoms with Crippen LogP contribution in [-0.2, 0) is 17.5 Å². The van der Waals surface area contributed by atoms with Crippen LogP contribution in [0.2, 0.25) is 5.02 Å². The van der Waals surface area contributed by atoms with Crippen LogP contribution in [0.25, 0.3) is 0 Å². The van der Waals surface area contributed by atoms with Crippen LogP contribution in [0.1, 0.15) is 31.3 Å². The van der Waals surface area contributed by atoms with Gasteiger partial charge in [0.05, 0.1) is 29.1 Å². The van der Waals surface area contributed by atoms with E-state index in [-0.39, 0.29) is 16.5 Å². The molecule has 3 rings (SSSR count). The first kappa shape index (κ1) is 25.7. The van der Waals surface area contributed by atoms with Gasteiger partial charge < -0.3 is 19.4 Å². The summed E-state index contributed by atoms with van der Waals surface area (Å²) in [4.78, 5) is 12.4. The second-order valence-corrected chi connectivity index (χ2v) is 8.40. The molecule has 0 saturated carbocycles. The molecule has 182 valence electrons. The average molecular weight is 515 g/mol. The number of nitrogens with zero attached hydrogens (tertiary/aromatic N) is 3. The van der Waals surface area contributed by atoms with Gasteiger partial charge in [-0.25, -0.2) is 0 Å². The summed E-state index contributed by atoms with van der Waals surface area (Å²) in [5.74, 6) is 1.19. The first-order valence-corrected chi connectivity index (χ1v) is 11.5. The Balaban J connectivity index is 1.66. The highest BCUT2D eigenvalue weighted by Gasteiger charge is 2.31. The van der Waals surface area contributed by atoms with Crippen LogP contribution in [0.5, 0.6) is 11.5 Å². The highest BCUT2D eigenvalue weighted by atomic mass is 35.5. The van der Waals surface area contributed by atoms with Crippen molar-refractivity contribution < 1.29 is 27.4 Å². The second kappa shape index (κ2) is 11.0. The molecule has 0 aliphatic heterocycles. The number of anilines is 1. The molecule has 0 radical (unpaired) electrons. The number of hydrogen-bond acceptors (Lipinski definition) is 6. The summed E-state index contributed by atoms with van der Waals surface area (Å²) in [6, 6.07) is 9.91. The minimum absolute atomic E-state index is 0.00822. The third kappa shape index (κ3) is 6.35. The maximum absolute atomic E-state index is 12.9. The predicted octanol–water partition coefficient (Wildman–Crippen LogP) is 5.85. The van der Waals surface area contributed by atoms with Crippen molar-refractivity contribution in [2.75, 3.05) is 18.2 Å². The molecule has 0 aliphatic carbocycles. The second-order valence-electron chi connectivity index (χ2n) is 7.05. The highest BCUT2D eigenvalue weighted by molar-refractivity contribution is 7.99. The molecular weight excluding hydrogens is 493 g/mol. The number of alkyl halides is 3. The van der Waals surface area contributed by atoms with Crippen LogP contribution >= 0.6 is 23.4 Å². The van der Waals surface area contributed by atoms with Gasteiger partial charge in [0.2, 0.25) is 5.91 Å². The van der Waals surface area contributed by atoms with Crippen LogP contribution in [0.15, 0.2) is 47.6 Å². The maximum atomic E-state index is 12.9. The van der Waals surface area contributed by atoms with E-state index in [1.54, 1.807) is 29.9 Å². The highest BCUT2D eigenvalue weighted by Crippen LogP contribution is 2.34. The Hall–Kier alpha value is -2.92. The lowest BCUT2D eigenvalue weighted by atomic mass is 10.2. The Morgan fingerprint density at radius 3 is 2.62 bits per heavy atom. The van der Waals surface area contributed by atoms with Crippen molar-refractivity contribution >= 4 is 35.0 Å². The van der Waals surface area contributed by atoms with Crippen LogP contribution < -0.4 is 14.8 Å². The molecule has 0 saturated heterocycles. The Kier molecular flexibility index (Phi) is 8.32. The van der Waals surface area contributed by atoms with E-state index in [4.69, 9.17) is 21.1 Å². The molecule has 7 nitrogen and oxygen atoms in total. The predicted molar refractivity (Wildman–Crippen MR) is 124 cm³/mol. The minimum Gasteiger partial charge on any atom is -0.497 e. The number of amides is 1. The molecule has 3 aromatic rings. The van der Waals surface area contributed by atoms with Gasteiger partial charge >= 0.3 is 6.18 Å². The smallest absolute Gasteiger partial charge is 0.416 e. The minimum atomic E-state index is -4.55. The van der Waals surface area contributed by atoms with E-state index in [0.29, 0.717) is 29.0 Å². The molecule has 1 amide bonds. The van der Waals surface area contributed by atoms with E-state index in [2.05, 4.69) is 15.5 Å². The number of hydrogen-bond donors (Lipinski definition) is 1. The average Bonchev–Trinajstić information content (AvgIpc) is 3.21. The van der Waals surface area contributed by atoms with Crippen molar-refractivity contribution in [2.24, 2.45) is 0 Å². The van der Waals surface area contributed by atoms with Crippen LogP contribution in [0.4, 0.5) is 18.9 Å². The van der Waals surface area contributed by atoms with Crippen LogP contribution in [0.3, 0.4) is 0 Å². The number of methoxy groups -OCH3 is 1. The van der Waals surface area contributed by atoms with Gasteiger partial charge in [-0.15, -0.1) is 10.2 Å². The third-order valence-corrected chi connectivity index (χ3v) is 5.98. The molecule has 1 atom stereocenters. The monoisotopic (exact) mass is 514 g/mol. The van der Waals surface area contributed by atoms with E-state index >= 15 is 0 Å². The zero-order valence-electron chi connectivity index (χ0n) is 18.5. The molecule has 1 N–H and O–H groups in total. The number of aromatic nitrogens is 3. The standard InChI is InChI=1S/C22H22ClF3N4O3S/c1-4-30-20(13(2)33-16-7-5-6-15(11-16)32-3)28-29-21(30)34-12-19(31)27-18-10-14(22(24,25)26)8-9-17(18)23/h5-11,13H,4,12H2,1-3H3,(H,27,31). The fourth-order valence-corrected chi connectivity index (χ4v) is 4.02. The lowest BCUT2D eigenvalue weighted by molar-refractivity contribution is -0.137. The Bertz CT molecular complexity index is 1160. The van der Waals surface area contributed by atoms with Gasteiger partial charge in [0, 0.05) is 12.6 Å². The first-order valence-electron chi connectivity index (χ1n) is 10.2. The van der Waals surface area contributed by atoms with Crippen molar-refractivity contribution in [3.8, 4) is 11.5 Å². The van der Waals surface area contributed by atoms with Crippen LogP contribution in [-0.4, -0.2) is 33.5 Å². The van der Waals surface area contributed by atoms with E-state index in [9.17, 15) is 18.0 Å². The Morgan fingerprint density at radius 1 is 1.21 bits per heavy atom. The number of nitrogens with one attached hydrogen (secondary N) is 1. The topological polar surface area (TPSA) is 78.3 Å². The maximum Gasteiger partial charge on any atom is 0.416 e. The van der Waals surface area contributed by atoms with E-state index in [1.165, 1.54) is 0 Å². The summed E-state index contributed by atoms with van der Waals surface area (Å²) >= 11 is 7.04. The normalized spacial score (nSPS) is 12.3. The summed E-state index contributed by atoms with van der Waals surface area (Å²) in [5, 5.41) is 11.2. The summed E-state index contributed by atoms with van der Waals surface area (Å²) in [6.07, 6.45) is -4.98. The molecule has 0 spiro atoms. The fraction of sp³-hybridized carbons (Fsp3) is 0.318.